The van der Waals surface area contributed by atoms with Crippen LogP contribution in [0.15, 0.2) is 61.1 Å². The van der Waals surface area contributed by atoms with Crippen LogP contribution in [0.5, 0.6) is 5.75 Å². The Morgan fingerprint density at radius 3 is 2.89 bits per heavy atom. The van der Waals surface area contributed by atoms with Gasteiger partial charge in [0.15, 0.2) is 0 Å². The summed E-state index contributed by atoms with van der Waals surface area (Å²) in [5.41, 5.74) is 4.90. The minimum absolute atomic E-state index is 0.0652. The van der Waals surface area contributed by atoms with Crippen molar-refractivity contribution < 1.29 is 9.53 Å². The molecule has 1 amide bonds. The molecule has 2 N–H and O–H groups in total. The van der Waals surface area contributed by atoms with Crippen LogP contribution in [0.4, 0.5) is 0 Å². The molecule has 0 bridgehead atoms. The van der Waals surface area contributed by atoms with E-state index in [0.717, 1.165) is 39.8 Å². The van der Waals surface area contributed by atoms with Crippen LogP contribution in [0.25, 0.3) is 22.0 Å². The number of aromatic nitrogens is 3. The molecule has 4 aromatic rings. The van der Waals surface area contributed by atoms with E-state index in [0.29, 0.717) is 12.1 Å². The molecular weight excluding hydrogens is 352 g/mol. The first-order chi connectivity index (χ1) is 13.7. The summed E-state index contributed by atoms with van der Waals surface area (Å²) in [4.78, 5) is 12.7. The van der Waals surface area contributed by atoms with E-state index in [2.05, 4.69) is 21.6 Å². The van der Waals surface area contributed by atoms with Gasteiger partial charge in [0.1, 0.15) is 5.75 Å². The number of nitrogens with one attached hydrogen (secondary N) is 2. The van der Waals surface area contributed by atoms with Crippen molar-refractivity contribution in [2.24, 2.45) is 7.05 Å². The Morgan fingerprint density at radius 1 is 1.21 bits per heavy atom. The predicted molar refractivity (Wildman–Crippen MR) is 110 cm³/mol. The number of H-pyrrole nitrogens is 1. The number of methoxy groups -OCH3 is 1. The zero-order chi connectivity index (χ0) is 19.5. The van der Waals surface area contributed by atoms with Gasteiger partial charge in [-0.25, -0.2) is 0 Å². The summed E-state index contributed by atoms with van der Waals surface area (Å²) >= 11 is 0. The van der Waals surface area contributed by atoms with Crippen LogP contribution in [0, 0.1) is 0 Å². The SMILES string of the molecule is COc1cccc(CCNC(=O)c2cn(C)c3cc(-c4cn[nH]c4)ccc23)c1. The Kier molecular flexibility index (Phi) is 4.85. The zero-order valence-electron chi connectivity index (χ0n) is 15.9. The maximum atomic E-state index is 12.7. The third-order valence-electron chi connectivity index (χ3n) is 4.90. The van der Waals surface area contributed by atoms with Gasteiger partial charge in [-0.3, -0.25) is 9.89 Å². The van der Waals surface area contributed by atoms with Crippen molar-refractivity contribution in [2.75, 3.05) is 13.7 Å². The molecule has 6 heteroatoms. The number of nitrogens with zero attached hydrogens (tertiary/aromatic N) is 2. The highest BCUT2D eigenvalue weighted by atomic mass is 16.5. The fourth-order valence-electron chi connectivity index (χ4n) is 3.40. The average molecular weight is 374 g/mol. The Hall–Kier alpha value is -3.54. The summed E-state index contributed by atoms with van der Waals surface area (Å²) in [5, 5.41) is 10.8. The quantitative estimate of drug-likeness (QED) is 0.542. The van der Waals surface area contributed by atoms with E-state index in [9.17, 15) is 4.79 Å². The predicted octanol–water partition coefficient (Wildman–Crippen LogP) is 3.55. The number of fused-ring (bicyclic) bond motifs is 1. The molecule has 6 nitrogen and oxygen atoms in total. The lowest BCUT2D eigenvalue weighted by atomic mass is 10.1. The van der Waals surface area contributed by atoms with Gasteiger partial charge in [0.05, 0.1) is 18.9 Å². The molecule has 0 unspecified atom stereocenters. The minimum Gasteiger partial charge on any atom is -0.497 e. The summed E-state index contributed by atoms with van der Waals surface area (Å²) in [5.74, 6) is 0.760. The highest BCUT2D eigenvalue weighted by Crippen LogP contribution is 2.27. The van der Waals surface area contributed by atoms with Crippen molar-refractivity contribution >= 4 is 16.8 Å². The topological polar surface area (TPSA) is 71.9 Å². The second-order valence-electron chi connectivity index (χ2n) is 6.73. The van der Waals surface area contributed by atoms with E-state index in [1.165, 1.54) is 0 Å². The smallest absolute Gasteiger partial charge is 0.253 e. The summed E-state index contributed by atoms with van der Waals surface area (Å²) in [7, 11) is 3.61. The van der Waals surface area contributed by atoms with E-state index in [1.54, 1.807) is 13.3 Å². The van der Waals surface area contributed by atoms with Crippen molar-refractivity contribution in [3.05, 3.63) is 72.2 Å². The van der Waals surface area contributed by atoms with Gasteiger partial charge in [-0.15, -0.1) is 0 Å². The lowest BCUT2D eigenvalue weighted by molar-refractivity contribution is 0.0955. The molecule has 2 aromatic heterocycles. The Labute approximate surface area is 163 Å². The molecule has 0 fully saturated rings. The monoisotopic (exact) mass is 374 g/mol. The molecule has 0 spiro atoms. The van der Waals surface area contributed by atoms with Crippen LogP contribution < -0.4 is 10.1 Å². The van der Waals surface area contributed by atoms with Crippen LogP contribution in [0.2, 0.25) is 0 Å². The Bertz CT molecular complexity index is 1110. The fourth-order valence-corrected chi connectivity index (χ4v) is 3.40. The molecule has 28 heavy (non-hydrogen) atoms. The van der Waals surface area contributed by atoms with E-state index in [4.69, 9.17) is 4.74 Å². The number of rotatable bonds is 6. The number of amides is 1. The molecule has 0 atom stereocenters. The van der Waals surface area contributed by atoms with Crippen molar-refractivity contribution in [3.63, 3.8) is 0 Å². The Balaban J connectivity index is 1.49. The van der Waals surface area contributed by atoms with E-state index in [1.807, 2.05) is 60.4 Å². The average Bonchev–Trinajstić information content (AvgIpc) is 3.36. The largest absolute Gasteiger partial charge is 0.497 e. The molecule has 0 aliphatic heterocycles. The van der Waals surface area contributed by atoms with Gasteiger partial charge in [-0.1, -0.05) is 24.3 Å². The van der Waals surface area contributed by atoms with Gasteiger partial charge in [0.2, 0.25) is 0 Å². The van der Waals surface area contributed by atoms with Gasteiger partial charge < -0.3 is 14.6 Å². The molecule has 0 saturated carbocycles. The van der Waals surface area contributed by atoms with E-state index >= 15 is 0 Å². The van der Waals surface area contributed by atoms with Gasteiger partial charge in [-0.05, 0) is 35.7 Å². The van der Waals surface area contributed by atoms with Crippen LogP contribution in [-0.2, 0) is 13.5 Å². The molecular formula is C22H22N4O2. The molecule has 142 valence electrons. The van der Waals surface area contributed by atoms with Crippen molar-refractivity contribution in [2.45, 2.75) is 6.42 Å². The highest BCUT2D eigenvalue weighted by Gasteiger charge is 2.14. The number of hydrogen-bond acceptors (Lipinski definition) is 3. The molecule has 4 rings (SSSR count). The number of carbonyl (C=O) groups excluding carboxylic acids is 1. The molecule has 2 aromatic carbocycles. The number of benzene rings is 2. The first kappa shape index (κ1) is 17.9. The fraction of sp³-hybridized carbons (Fsp3) is 0.182. The van der Waals surface area contributed by atoms with E-state index < -0.39 is 0 Å². The van der Waals surface area contributed by atoms with Crippen LogP contribution >= 0.6 is 0 Å². The molecule has 2 heterocycles. The van der Waals surface area contributed by atoms with Crippen LogP contribution in [0.3, 0.4) is 0 Å². The normalized spacial score (nSPS) is 10.9. The van der Waals surface area contributed by atoms with Crippen molar-refractivity contribution in [3.8, 4) is 16.9 Å². The van der Waals surface area contributed by atoms with Gasteiger partial charge in [0, 0.05) is 42.5 Å². The van der Waals surface area contributed by atoms with Crippen molar-refractivity contribution in [1.29, 1.82) is 0 Å². The number of aryl methyl sites for hydroxylation is 1. The zero-order valence-corrected chi connectivity index (χ0v) is 15.9. The lowest BCUT2D eigenvalue weighted by Gasteiger charge is -2.06. The standard InChI is InChI=1S/C22H22N4O2/c1-26-14-20(19-7-6-16(11-21(19)26)17-12-24-25-13-17)22(27)23-9-8-15-4-3-5-18(10-15)28-2/h3-7,10-14H,8-9H2,1-2H3,(H,23,27)(H,24,25). The number of hydrogen-bond donors (Lipinski definition) is 2. The van der Waals surface area contributed by atoms with Gasteiger partial charge in [-0.2, -0.15) is 5.10 Å². The summed E-state index contributed by atoms with van der Waals surface area (Å²) in [6.45, 7) is 0.565. The highest BCUT2D eigenvalue weighted by molar-refractivity contribution is 6.07. The number of carbonyl (C=O) groups is 1. The first-order valence-corrected chi connectivity index (χ1v) is 9.15. The molecule has 0 aliphatic rings. The van der Waals surface area contributed by atoms with Crippen LogP contribution in [0.1, 0.15) is 15.9 Å². The van der Waals surface area contributed by atoms with E-state index in [-0.39, 0.29) is 5.91 Å². The molecule has 0 aliphatic carbocycles. The third-order valence-corrected chi connectivity index (χ3v) is 4.90. The second-order valence-corrected chi connectivity index (χ2v) is 6.73. The summed E-state index contributed by atoms with van der Waals surface area (Å²) in [6, 6.07) is 14.0. The van der Waals surface area contributed by atoms with Crippen LogP contribution in [-0.4, -0.2) is 34.3 Å². The van der Waals surface area contributed by atoms with Gasteiger partial charge in [0.25, 0.3) is 5.91 Å². The third kappa shape index (κ3) is 3.49. The molecule has 0 radical (unpaired) electrons. The first-order valence-electron chi connectivity index (χ1n) is 9.15. The minimum atomic E-state index is -0.0652. The van der Waals surface area contributed by atoms with Crippen molar-refractivity contribution in [1.82, 2.24) is 20.1 Å². The van der Waals surface area contributed by atoms with Gasteiger partial charge >= 0.3 is 0 Å². The summed E-state index contributed by atoms with van der Waals surface area (Å²) < 4.78 is 7.22. The summed E-state index contributed by atoms with van der Waals surface area (Å²) in [6.07, 6.45) is 6.27. The Morgan fingerprint density at radius 2 is 2.11 bits per heavy atom. The maximum Gasteiger partial charge on any atom is 0.253 e. The molecule has 0 saturated heterocycles. The number of aromatic amines is 1. The number of ether oxygens (including phenoxy) is 1. The maximum absolute atomic E-state index is 12.7. The lowest BCUT2D eigenvalue weighted by Crippen LogP contribution is -2.25. The second kappa shape index (κ2) is 7.60.